The number of benzene rings is 1. The number of carbonyl (C=O) groups excluding carboxylic acids is 2. The summed E-state index contributed by atoms with van der Waals surface area (Å²) in [6.07, 6.45) is 6.31. The van der Waals surface area contributed by atoms with E-state index in [2.05, 4.69) is 21.5 Å². The van der Waals surface area contributed by atoms with Gasteiger partial charge in [-0.15, -0.1) is 11.8 Å². The van der Waals surface area contributed by atoms with Crippen molar-refractivity contribution in [3.63, 3.8) is 0 Å². The maximum absolute atomic E-state index is 13.0. The third-order valence-electron chi connectivity index (χ3n) is 6.13. The van der Waals surface area contributed by atoms with Crippen LogP contribution in [0.1, 0.15) is 35.8 Å². The third-order valence-corrected chi connectivity index (χ3v) is 7.14. The minimum Gasteiger partial charge on any atom is -0.356 e. The van der Waals surface area contributed by atoms with Gasteiger partial charge >= 0.3 is 0 Å². The Morgan fingerprint density at radius 2 is 2.15 bits per heavy atom. The van der Waals surface area contributed by atoms with Gasteiger partial charge in [-0.05, 0) is 43.5 Å². The van der Waals surface area contributed by atoms with E-state index in [9.17, 15) is 14.9 Å². The maximum Gasteiger partial charge on any atom is 0.252 e. The highest BCUT2D eigenvalue weighted by Crippen LogP contribution is 2.30. The highest BCUT2D eigenvalue weighted by atomic mass is 32.2. The van der Waals surface area contributed by atoms with Crippen molar-refractivity contribution in [2.75, 3.05) is 24.8 Å². The molecule has 0 saturated carbocycles. The van der Waals surface area contributed by atoms with Crippen LogP contribution < -0.4 is 5.32 Å². The zero-order chi connectivity index (χ0) is 23.5. The largest absolute Gasteiger partial charge is 0.356 e. The van der Waals surface area contributed by atoms with E-state index in [1.165, 1.54) is 16.7 Å². The molecule has 10 heteroatoms. The molecule has 1 N–H and O–H groups in total. The van der Waals surface area contributed by atoms with Gasteiger partial charge < -0.3 is 15.0 Å². The van der Waals surface area contributed by atoms with Crippen molar-refractivity contribution in [3.05, 3.63) is 48.3 Å². The summed E-state index contributed by atoms with van der Waals surface area (Å²) >= 11 is 1.53. The topological polar surface area (TPSA) is 113 Å². The molecule has 0 bridgehead atoms. The molecule has 2 aliphatic rings. The van der Waals surface area contributed by atoms with Crippen molar-refractivity contribution >= 4 is 34.5 Å². The van der Waals surface area contributed by atoms with Crippen LogP contribution >= 0.6 is 11.8 Å². The Morgan fingerprint density at radius 1 is 1.24 bits per heavy atom. The quantitative estimate of drug-likeness (QED) is 0.602. The smallest absolute Gasteiger partial charge is 0.252 e. The summed E-state index contributed by atoms with van der Waals surface area (Å²) in [7, 11) is 0. The number of carbonyl (C=O) groups is 2. The molecule has 2 aliphatic heterocycles. The van der Waals surface area contributed by atoms with Gasteiger partial charge in [-0.3, -0.25) is 14.6 Å². The first-order valence-corrected chi connectivity index (χ1v) is 12.4. The number of nitrogens with one attached hydrogen (secondary N) is 1. The number of rotatable bonds is 5. The van der Waals surface area contributed by atoms with E-state index in [1.54, 1.807) is 18.5 Å². The van der Waals surface area contributed by atoms with Gasteiger partial charge in [0.05, 0.1) is 35.3 Å². The minimum atomic E-state index is -0.447. The fraction of sp³-hybridized carbons (Fsp3) is 0.375. The molecule has 174 valence electrons. The van der Waals surface area contributed by atoms with Crippen LogP contribution in [0.15, 0.2) is 42.7 Å². The van der Waals surface area contributed by atoms with Crippen molar-refractivity contribution in [3.8, 4) is 17.3 Å². The first-order valence-electron chi connectivity index (χ1n) is 11.2. The minimum absolute atomic E-state index is 0.0990. The average molecular weight is 477 g/mol. The van der Waals surface area contributed by atoms with Crippen LogP contribution in [0.25, 0.3) is 22.2 Å². The molecule has 2 fully saturated rings. The lowest BCUT2D eigenvalue weighted by Crippen LogP contribution is -2.42. The summed E-state index contributed by atoms with van der Waals surface area (Å²) in [5.41, 5.74) is 2.94. The molecule has 2 atom stereocenters. The van der Waals surface area contributed by atoms with Gasteiger partial charge in [0.25, 0.3) is 5.91 Å². The van der Waals surface area contributed by atoms with E-state index >= 15 is 0 Å². The number of ether oxygens (including phenoxy) is 1. The molecule has 2 aromatic heterocycles. The molecule has 0 spiro atoms. The Labute approximate surface area is 201 Å². The van der Waals surface area contributed by atoms with Crippen LogP contribution in [0.4, 0.5) is 0 Å². The molecule has 1 aromatic carbocycles. The van der Waals surface area contributed by atoms with E-state index in [1.807, 2.05) is 28.9 Å². The Morgan fingerprint density at radius 3 is 2.97 bits per heavy atom. The second kappa shape index (κ2) is 9.83. The number of thioether (sulfide) groups is 1. The van der Waals surface area contributed by atoms with Crippen molar-refractivity contribution in [1.82, 2.24) is 25.0 Å². The van der Waals surface area contributed by atoms with Crippen molar-refractivity contribution in [1.29, 1.82) is 5.26 Å². The molecule has 2 amide bonds. The number of aromatic nitrogens is 3. The molecule has 9 nitrogen and oxygen atoms in total. The van der Waals surface area contributed by atoms with Gasteiger partial charge in [-0.1, -0.05) is 6.07 Å². The number of nitriles is 1. The molecule has 2 saturated heterocycles. The second-order valence-corrected chi connectivity index (χ2v) is 9.26. The fourth-order valence-electron chi connectivity index (χ4n) is 4.34. The Bertz CT molecular complexity index is 1260. The number of pyridine rings is 1. The van der Waals surface area contributed by atoms with Crippen LogP contribution in [0.5, 0.6) is 0 Å². The van der Waals surface area contributed by atoms with Crippen molar-refractivity contribution < 1.29 is 14.3 Å². The lowest BCUT2D eigenvalue weighted by Gasteiger charge is -2.24. The van der Waals surface area contributed by atoms with Gasteiger partial charge in [-0.2, -0.15) is 10.4 Å². The van der Waals surface area contributed by atoms with Gasteiger partial charge in [-0.25, -0.2) is 4.68 Å². The van der Waals surface area contributed by atoms with Crippen LogP contribution in [-0.2, 0) is 9.53 Å². The average Bonchev–Trinajstić information content (AvgIpc) is 3.57. The van der Waals surface area contributed by atoms with Crippen molar-refractivity contribution in [2.45, 2.75) is 31.5 Å². The fourth-order valence-corrected chi connectivity index (χ4v) is 5.44. The molecule has 5 rings (SSSR count). The highest BCUT2D eigenvalue weighted by Gasteiger charge is 2.29. The van der Waals surface area contributed by atoms with E-state index < -0.39 is 6.04 Å². The molecule has 0 radical (unpaired) electrons. The number of nitrogens with zero attached hydrogens (tertiary/aromatic N) is 5. The Hall–Kier alpha value is -3.42. The summed E-state index contributed by atoms with van der Waals surface area (Å²) in [6.45, 7) is 0.562. The monoisotopic (exact) mass is 476 g/mol. The lowest BCUT2D eigenvalue weighted by molar-refractivity contribution is -0.129. The molecule has 34 heavy (non-hydrogen) atoms. The lowest BCUT2D eigenvalue weighted by atomic mass is 10.0. The number of hydrogen-bond donors (Lipinski definition) is 1. The van der Waals surface area contributed by atoms with E-state index in [0.717, 1.165) is 37.1 Å². The molecular weight excluding hydrogens is 452 g/mol. The summed E-state index contributed by atoms with van der Waals surface area (Å²) in [5.74, 6) is 0.436. The normalized spacial score (nSPS) is 20.3. The summed E-state index contributed by atoms with van der Waals surface area (Å²) < 4.78 is 7.81. The van der Waals surface area contributed by atoms with Crippen LogP contribution in [0.3, 0.4) is 0 Å². The predicted octanol–water partition coefficient (Wildman–Crippen LogP) is 2.95. The molecule has 4 heterocycles. The number of hydrogen-bond acceptors (Lipinski definition) is 7. The zero-order valence-corrected chi connectivity index (χ0v) is 19.3. The summed E-state index contributed by atoms with van der Waals surface area (Å²) in [4.78, 5) is 31.4. The number of fused-ring (bicyclic) bond motifs is 1. The number of amides is 2. The van der Waals surface area contributed by atoms with E-state index in [4.69, 9.17) is 4.74 Å². The van der Waals surface area contributed by atoms with Gasteiger partial charge in [0.15, 0.2) is 6.23 Å². The molecule has 3 aromatic rings. The maximum atomic E-state index is 13.0. The second-order valence-electron chi connectivity index (χ2n) is 8.26. The Balaban J connectivity index is 1.38. The SMILES string of the molecule is N#C[C@@H]1CSCN1C(=O)CNC(=O)c1ccnc2ccc(-c3ccnn3C3CCCCO3)cc12. The molecule has 0 aliphatic carbocycles. The van der Waals surface area contributed by atoms with Gasteiger partial charge in [0.2, 0.25) is 5.91 Å². The first-order chi connectivity index (χ1) is 16.7. The first kappa shape index (κ1) is 22.4. The van der Waals surface area contributed by atoms with Crippen LogP contribution in [0.2, 0.25) is 0 Å². The third kappa shape index (κ3) is 4.36. The van der Waals surface area contributed by atoms with Gasteiger partial charge in [0.1, 0.15) is 6.04 Å². The predicted molar refractivity (Wildman–Crippen MR) is 128 cm³/mol. The summed E-state index contributed by atoms with van der Waals surface area (Å²) in [5, 5.41) is 17.1. The molecule has 1 unspecified atom stereocenters. The highest BCUT2D eigenvalue weighted by molar-refractivity contribution is 7.99. The van der Waals surface area contributed by atoms with Crippen LogP contribution in [-0.4, -0.2) is 62.3 Å². The van der Waals surface area contributed by atoms with E-state index in [0.29, 0.717) is 28.1 Å². The van der Waals surface area contributed by atoms with E-state index in [-0.39, 0.29) is 24.6 Å². The van der Waals surface area contributed by atoms with Crippen molar-refractivity contribution in [2.24, 2.45) is 0 Å². The standard InChI is InChI=1S/C24H24N6O3S/c25-12-17-14-34-15-29(17)22(31)13-27-24(32)18-6-8-26-20-5-4-16(11-19(18)20)21-7-9-28-30(21)23-3-1-2-10-33-23/h4-9,11,17,23H,1-3,10,13-15H2,(H,27,32)/t17-,23?/m1/s1. The van der Waals surface area contributed by atoms with Gasteiger partial charge in [0, 0.05) is 35.7 Å². The Kier molecular flexibility index (Phi) is 6.47. The zero-order valence-electron chi connectivity index (χ0n) is 18.5. The summed E-state index contributed by atoms with van der Waals surface area (Å²) in [6, 6.07) is 11.0. The molecular formula is C24H24N6O3S. The van der Waals surface area contributed by atoms with Crippen LogP contribution in [0, 0.1) is 11.3 Å².